The minimum atomic E-state index is -4.62. The molecule has 7 nitrogen and oxygen atoms in total. The lowest BCUT2D eigenvalue weighted by molar-refractivity contribution is -0.137. The van der Waals surface area contributed by atoms with Crippen molar-refractivity contribution >= 4 is 33.2 Å². The van der Waals surface area contributed by atoms with Gasteiger partial charge in [0.05, 0.1) is 21.7 Å². The number of anilines is 2. The lowest BCUT2D eigenvalue weighted by Crippen LogP contribution is -2.22. The summed E-state index contributed by atoms with van der Waals surface area (Å²) < 4.78 is 65.9. The highest BCUT2D eigenvalue weighted by Gasteiger charge is 2.30. The average Bonchev–Trinajstić information content (AvgIpc) is 2.78. The van der Waals surface area contributed by atoms with Crippen LogP contribution in [0.4, 0.5) is 24.5 Å². The molecule has 3 aromatic carbocycles. The third-order valence-corrected chi connectivity index (χ3v) is 6.24. The standard InChI is InChI=1S/C23H20F3N3O4S/c1-14-5-3-8-19(20(14)22(31)27-2)28-21(30)15-9-11-18(12-10-15)34(32,33)29-17-7-4-6-16(13-17)23(24,25)26/h3-13,29H,1-2H3,(H,27,31)(H,28,30). The van der Waals surface area contributed by atoms with Crippen molar-refractivity contribution in [2.75, 3.05) is 17.1 Å². The van der Waals surface area contributed by atoms with E-state index in [1.807, 2.05) is 0 Å². The van der Waals surface area contributed by atoms with Crippen LogP contribution >= 0.6 is 0 Å². The predicted molar refractivity (Wildman–Crippen MR) is 121 cm³/mol. The lowest BCUT2D eigenvalue weighted by atomic mass is 10.1. The van der Waals surface area contributed by atoms with Crippen molar-refractivity contribution in [3.63, 3.8) is 0 Å². The Morgan fingerprint density at radius 3 is 2.15 bits per heavy atom. The molecular weight excluding hydrogens is 471 g/mol. The molecule has 3 aromatic rings. The van der Waals surface area contributed by atoms with Gasteiger partial charge in [-0.3, -0.25) is 14.3 Å². The molecule has 0 fully saturated rings. The minimum Gasteiger partial charge on any atom is -0.355 e. The van der Waals surface area contributed by atoms with Crippen molar-refractivity contribution in [1.82, 2.24) is 5.32 Å². The van der Waals surface area contributed by atoms with Gasteiger partial charge in [0.1, 0.15) is 0 Å². The maximum Gasteiger partial charge on any atom is 0.416 e. The third-order valence-electron chi connectivity index (χ3n) is 4.84. The lowest BCUT2D eigenvalue weighted by Gasteiger charge is -2.13. The van der Waals surface area contributed by atoms with Gasteiger partial charge in [-0.15, -0.1) is 0 Å². The van der Waals surface area contributed by atoms with Crippen LogP contribution in [0.1, 0.15) is 31.8 Å². The maximum absolute atomic E-state index is 12.9. The van der Waals surface area contributed by atoms with Gasteiger partial charge in [-0.2, -0.15) is 13.2 Å². The molecule has 34 heavy (non-hydrogen) atoms. The Labute approximate surface area is 194 Å². The van der Waals surface area contributed by atoms with E-state index >= 15 is 0 Å². The molecule has 0 heterocycles. The first-order chi connectivity index (χ1) is 15.9. The fourth-order valence-electron chi connectivity index (χ4n) is 3.15. The zero-order chi connectivity index (χ0) is 25.1. The Morgan fingerprint density at radius 2 is 1.53 bits per heavy atom. The molecule has 0 bridgehead atoms. The molecule has 2 amide bonds. The van der Waals surface area contributed by atoms with Crippen molar-refractivity contribution < 1.29 is 31.2 Å². The molecular formula is C23H20F3N3O4S. The first-order valence-electron chi connectivity index (χ1n) is 9.85. The van der Waals surface area contributed by atoms with Crippen molar-refractivity contribution in [2.45, 2.75) is 18.0 Å². The van der Waals surface area contributed by atoms with Crippen molar-refractivity contribution in [1.29, 1.82) is 0 Å². The molecule has 0 saturated heterocycles. The van der Waals surface area contributed by atoms with Crippen LogP contribution in [-0.2, 0) is 16.2 Å². The first-order valence-corrected chi connectivity index (χ1v) is 11.3. The van der Waals surface area contributed by atoms with E-state index in [0.29, 0.717) is 17.2 Å². The Balaban J connectivity index is 1.79. The van der Waals surface area contributed by atoms with Gasteiger partial charge in [0.15, 0.2) is 0 Å². The number of alkyl halides is 3. The van der Waals surface area contributed by atoms with E-state index in [2.05, 4.69) is 15.4 Å². The van der Waals surface area contributed by atoms with Gasteiger partial charge in [0.25, 0.3) is 21.8 Å². The molecule has 0 spiro atoms. The average molecular weight is 491 g/mol. The van der Waals surface area contributed by atoms with Crippen LogP contribution in [0, 0.1) is 6.92 Å². The molecule has 0 aliphatic heterocycles. The van der Waals surface area contributed by atoms with Gasteiger partial charge in [-0.25, -0.2) is 8.42 Å². The molecule has 0 saturated carbocycles. The van der Waals surface area contributed by atoms with Crippen LogP contribution in [0.2, 0.25) is 0 Å². The number of carbonyl (C=O) groups is 2. The molecule has 0 unspecified atom stereocenters. The highest BCUT2D eigenvalue weighted by molar-refractivity contribution is 7.92. The second kappa shape index (κ2) is 9.56. The van der Waals surface area contributed by atoms with Crippen molar-refractivity contribution in [2.24, 2.45) is 0 Å². The normalized spacial score (nSPS) is 11.6. The summed E-state index contributed by atoms with van der Waals surface area (Å²) in [5.74, 6) is -0.957. The Morgan fingerprint density at radius 1 is 0.882 bits per heavy atom. The summed E-state index contributed by atoms with van der Waals surface area (Å²) in [4.78, 5) is 24.6. The number of aryl methyl sites for hydroxylation is 1. The summed E-state index contributed by atoms with van der Waals surface area (Å²) in [6.45, 7) is 1.72. The van der Waals surface area contributed by atoms with E-state index in [1.165, 1.54) is 25.2 Å². The fraction of sp³-hybridized carbons (Fsp3) is 0.130. The van der Waals surface area contributed by atoms with Crippen LogP contribution in [-0.4, -0.2) is 27.3 Å². The second-order valence-corrected chi connectivity index (χ2v) is 8.92. The zero-order valence-electron chi connectivity index (χ0n) is 18.0. The summed E-state index contributed by atoms with van der Waals surface area (Å²) in [5, 5.41) is 5.13. The van der Waals surface area contributed by atoms with E-state index in [0.717, 1.165) is 24.3 Å². The van der Waals surface area contributed by atoms with E-state index in [4.69, 9.17) is 0 Å². The Hall–Kier alpha value is -3.86. The number of nitrogens with one attached hydrogen (secondary N) is 3. The van der Waals surface area contributed by atoms with Gasteiger partial charge >= 0.3 is 6.18 Å². The maximum atomic E-state index is 12.9. The number of amides is 2. The number of sulfonamides is 1. The SMILES string of the molecule is CNC(=O)c1c(C)cccc1NC(=O)c1ccc(S(=O)(=O)Nc2cccc(C(F)(F)F)c2)cc1. The number of halogens is 3. The van der Waals surface area contributed by atoms with Crippen molar-refractivity contribution in [3.05, 3.63) is 89.0 Å². The van der Waals surface area contributed by atoms with E-state index in [1.54, 1.807) is 25.1 Å². The zero-order valence-corrected chi connectivity index (χ0v) is 18.8. The smallest absolute Gasteiger partial charge is 0.355 e. The van der Waals surface area contributed by atoms with E-state index in [-0.39, 0.29) is 27.7 Å². The van der Waals surface area contributed by atoms with Crippen LogP contribution in [0.15, 0.2) is 71.6 Å². The summed E-state index contributed by atoms with van der Waals surface area (Å²) in [7, 11) is -2.74. The van der Waals surface area contributed by atoms with E-state index in [9.17, 15) is 31.2 Å². The van der Waals surface area contributed by atoms with Gasteiger partial charge in [0.2, 0.25) is 0 Å². The highest BCUT2D eigenvalue weighted by atomic mass is 32.2. The topological polar surface area (TPSA) is 104 Å². The summed E-state index contributed by atoms with van der Waals surface area (Å²) >= 11 is 0. The summed E-state index contributed by atoms with van der Waals surface area (Å²) in [5.41, 5.74) is 0.0987. The number of carbonyl (C=O) groups excluding carboxylic acids is 2. The van der Waals surface area contributed by atoms with Gasteiger partial charge in [0, 0.05) is 18.3 Å². The Bertz CT molecular complexity index is 1340. The fourth-order valence-corrected chi connectivity index (χ4v) is 4.20. The number of rotatable bonds is 6. The van der Waals surface area contributed by atoms with Gasteiger partial charge in [-0.05, 0) is 61.0 Å². The monoisotopic (exact) mass is 491 g/mol. The molecule has 11 heteroatoms. The van der Waals surface area contributed by atoms with Gasteiger partial charge in [-0.1, -0.05) is 18.2 Å². The largest absolute Gasteiger partial charge is 0.416 e. The third kappa shape index (κ3) is 5.54. The van der Waals surface area contributed by atoms with Crippen LogP contribution < -0.4 is 15.4 Å². The molecule has 178 valence electrons. The summed E-state index contributed by atoms with van der Waals surface area (Å²) in [6.07, 6.45) is -4.62. The van der Waals surface area contributed by atoms with Crippen molar-refractivity contribution in [3.8, 4) is 0 Å². The highest BCUT2D eigenvalue weighted by Crippen LogP contribution is 2.31. The van der Waals surface area contributed by atoms with E-state index < -0.39 is 27.7 Å². The molecule has 0 aromatic heterocycles. The number of hydrogen-bond acceptors (Lipinski definition) is 4. The van der Waals surface area contributed by atoms with Crippen LogP contribution in [0.5, 0.6) is 0 Å². The van der Waals surface area contributed by atoms with Crippen LogP contribution in [0.3, 0.4) is 0 Å². The quantitative estimate of drug-likeness (QED) is 0.475. The van der Waals surface area contributed by atoms with Crippen LogP contribution in [0.25, 0.3) is 0 Å². The molecule has 0 aliphatic rings. The van der Waals surface area contributed by atoms with Gasteiger partial charge < -0.3 is 10.6 Å². The Kier molecular flexibility index (Phi) is 6.96. The minimum absolute atomic E-state index is 0.113. The molecule has 3 rings (SSSR count). The first kappa shape index (κ1) is 24.8. The molecule has 0 radical (unpaired) electrons. The second-order valence-electron chi connectivity index (χ2n) is 7.24. The molecule has 0 atom stereocenters. The predicted octanol–water partition coefficient (Wildman–Crippen LogP) is 4.43. The molecule has 0 aliphatic carbocycles. The number of hydrogen-bond donors (Lipinski definition) is 3. The summed E-state index contributed by atoms with van der Waals surface area (Å²) in [6, 6.07) is 13.6. The number of benzene rings is 3. The molecule has 3 N–H and O–H groups in total.